The molecule has 2 heterocycles. The van der Waals surface area contributed by atoms with Gasteiger partial charge in [0.1, 0.15) is 12.0 Å². The molecular formula is C11H16F2N2O. The molecule has 2 aliphatic rings. The summed E-state index contributed by atoms with van der Waals surface area (Å²) in [5, 5.41) is 3.07. The van der Waals surface area contributed by atoms with Crippen LogP contribution in [0.1, 0.15) is 19.8 Å². The lowest BCUT2D eigenvalue weighted by atomic mass is 9.76. The van der Waals surface area contributed by atoms with Crippen molar-refractivity contribution in [2.24, 2.45) is 10.4 Å². The number of alkyl halides is 1. The van der Waals surface area contributed by atoms with Crippen LogP contribution < -0.4 is 5.32 Å². The Balaban J connectivity index is 2.23. The van der Waals surface area contributed by atoms with Gasteiger partial charge < -0.3 is 10.1 Å². The zero-order valence-electron chi connectivity index (χ0n) is 9.46. The summed E-state index contributed by atoms with van der Waals surface area (Å²) >= 11 is 0. The smallest absolute Gasteiger partial charge is 0.195 e. The average molecular weight is 230 g/mol. The number of hydrogen-bond donors (Lipinski definition) is 1. The van der Waals surface area contributed by atoms with E-state index in [0.29, 0.717) is 18.9 Å². The quantitative estimate of drug-likeness (QED) is 0.747. The molecule has 16 heavy (non-hydrogen) atoms. The Morgan fingerprint density at radius 2 is 2.38 bits per heavy atom. The van der Waals surface area contributed by atoms with Crippen LogP contribution >= 0.6 is 0 Å². The fourth-order valence-corrected chi connectivity index (χ4v) is 2.48. The van der Waals surface area contributed by atoms with Crippen LogP contribution in [0, 0.1) is 5.41 Å². The fourth-order valence-electron chi connectivity index (χ4n) is 2.48. The maximum atomic E-state index is 13.3. The van der Waals surface area contributed by atoms with Crippen molar-refractivity contribution >= 4 is 5.90 Å². The Morgan fingerprint density at radius 3 is 2.94 bits per heavy atom. The van der Waals surface area contributed by atoms with Crippen LogP contribution in [0.3, 0.4) is 0 Å². The first-order valence-corrected chi connectivity index (χ1v) is 5.40. The summed E-state index contributed by atoms with van der Waals surface area (Å²) in [6.07, 6.45) is 0.896. The summed E-state index contributed by atoms with van der Waals surface area (Å²) in [5.41, 5.74) is -0.589. The van der Waals surface area contributed by atoms with Crippen molar-refractivity contribution in [2.45, 2.75) is 32.0 Å². The van der Waals surface area contributed by atoms with E-state index >= 15 is 0 Å². The molecule has 0 spiro atoms. The molecule has 0 amide bonds. The fraction of sp³-hybridized carbons (Fsp3) is 0.727. The summed E-state index contributed by atoms with van der Waals surface area (Å²) in [6.45, 7) is 2.18. The third kappa shape index (κ3) is 1.84. The van der Waals surface area contributed by atoms with Crippen molar-refractivity contribution in [3.05, 3.63) is 12.0 Å². The molecule has 0 aliphatic carbocycles. The lowest BCUT2D eigenvalue weighted by molar-refractivity contribution is 0.231. The van der Waals surface area contributed by atoms with E-state index in [2.05, 4.69) is 10.3 Å². The Kier molecular flexibility index (Phi) is 2.97. The largest absolute Gasteiger partial charge is 0.484 e. The topological polar surface area (TPSA) is 33.6 Å². The highest BCUT2D eigenvalue weighted by Crippen LogP contribution is 2.39. The van der Waals surface area contributed by atoms with Crippen molar-refractivity contribution in [3.63, 3.8) is 0 Å². The number of nitrogens with one attached hydrogen (secondary N) is 1. The van der Waals surface area contributed by atoms with Crippen molar-refractivity contribution in [3.8, 4) is 0 Å². The summed E-state index contributed by atoms with van der Waals surface area (Å²) < 4.78 is 31.7. The van der Waals surface area contributed by atoms with Gasteiger partial charge in [-0.05, 0) is 13.3 Å². The Labute approximate surface area is 93.6 Å². The SMILES string of the molecule is COC1=NC=C(F)CC1(C)[C@H]1C[C@H](F)CN1. The van der Waals surface area contributed by atoms with Gasteiger partial charge >= 0.3 is 0 Å². The van der Waals surface area contributed by atoms with Gasteiger partial charge in [0, 0.05) is 19.0 Å². The van der Waals surface area contributed by atoms with Crippen LogP contribution in [-0.4, -0.2) is 31.8 Å². The van der Waals surface area contributed by atoms with Gasteiger partial charge in [-0.3, -0.25) is 0 Å². The first-order chi connectivity index (χ1) is 7.56. The zero-order valence-corrected chi connectivity index (χ0v) is 9.46. The standard InChI is InChI=1S/C11H16F2N2O/c1-11(9-3-7(12)5-14-9)4-8(13)6-15-10(11)16-2/h6-7,9,14H,3-5H2,1-2H3/t7-,9+,11?/m0/s1. The van der Waals surface area contributed by atoms with Crippen LogP contribution in [0.4, 0.5) is 8.78 Å². The first-order valence-electron chi connectivity index (χ1n) is 5.40. The molecule has 0 radical (unpaired) electrons. The summed E-state index contributed by atoms with van der Waals surface area (Å²) in [5.74, 6) is 0.188. The van der Waals surface area contributed by atoms with Gasteiger partial charge in [0.2, 0.25) is 0 Å². The van der Waals surface area contributed by atoms with Crippen molar-refractivity contribution < 1.29 is 13.5 Å². The molecule has 1 unspecified atom stereocenters. The summed E-state index contributed by atoms with van der Waals surface area (Å²) in [6, 6.07) is -0.124. The molecule has 1 saturated heterocycles. The first kappa shape index (κ1) is 11.5. The average Bonchev–Trinajstić information content (AvgIpc) is 2.65. The van der Waals surface area contributed by atoms with E-state index in [1.54, 1.807) is 0 Å². The molecule has 0 aromatic rings. The monoisotopic (exact) mass is 230 g/mol. The molecular weight excluding hydrogens is 214 g/mol. The van der Waals surface area contributed by atoms with Crippen LogP contribution in [0.15, 0.2) is 17.0 Å². The maximum absolute atomic E-state index is 13.3. The lowest BCUT2D eigenvalue weighted by Gasteiger charge is -2.36. The zero-order chi connectivity index (χ0) is 11.8. The van der Waals surface area contributed by atoms with Gasteiger partial charge in [-0.25, -0.2) is 13.8 Å². The number of nitrogens with zero attached hydrogens (tertiary/aromatic N) is 1. The van der Waals surface area contributed by atoms with Gasteiger partial charge in [-0.2, -0.15) is 0 Å². The van der Waals surface area contributed by atoms with E-state index in [1.807, 2.05) is 6.92 Å². The second kappa shape index (κ2) is 4.13. The van der Waals surface area contributed by atoms with E-state index in [1.165, 1.54) is 13.3 Å². The molecule has 0 bridgehead atoms. The molecule has 3 nitrogen and oxygen atoms in total. The highest BCUT2D eigenvalue weighted by atomic mass is 19.1. The molecule has 2 rings (SSSR count). The van der Waals surface area contributed by atoms with E-state index in [-0.39, 0.29) is 18.3 Å². The minimum Gasteiger partial charge on any atom is -0.484 e. The Morgan fingerprint density at radius 1 is 1.62 bits per heavy atom. The van der Waals surface area contributed by atoms with E-state index in [0.717, 1.165) is 0 Å². The minimum absolute atomic E-state index is 0.124. The van der Waals surface area contributed by atoms with E-state index in [9.17, 15) is 8.78 Å². The molecule has 1 fully saturated rings. The summed E-state index contributed by atoms with van der Waals surface area (Å²) in [7, 11) is 1.51. The number of methoxy groups -OCH3 is 1. The number of allylic oxidation sites excluding steroid dienone is 1. The normalized spacial score (nSPS) is 39.2. The third-order valence-electron chi connectivity index (χ3n) is 3.39. The Hall–Kier alpha value is -0.970. The van der Waals surface area contributed by atoms with Gasteiger partial charge in [0.25, 0.3) is 0 Å². The highest BCUT2D eigenvalue weighted by molar-refractivity contribution is 5.85. The third-order valence-corrected chi connectivity index (χ3v) is 3.39. The molecule has 3 atom stereocenters. The van der Waals surface area contributed by atoms with Crippen LogP contribution in [0.25, 0.3) is 0 Å². The van der Waals surface area contributed by atoms with E-state index < -0.39 is 11.6 Å². The van der Waals surface area contributed by atoms with Crippen LogP contribution in [0.2, 0.25) is 0 Å². The van der Waals surface area contributed by atoms with Gasteiger partial charge in [0.15, 0.2) is 5.90 Å². The maximum Gasteiger partial charge on any atom is 0.195 e. The van der Waals surface area contributed by atoms with Crippen LogP contribution in [-0.2, 0) is 4.74 Å². The molecule has 1 N–H and O–H groups in total. The lowest BCUT2D eigenvalue weighted by Crippen LogP contribution is -2.46. The number of halogens is 2. The highest BCUT2D eigenvalue weighted by Gasteiger charge is 2.46. The van der Waals surface area contributed by atoms with Crippen molar-refractivity contribution in [2.75, 3.05) is 13.7 Å². The second-order valence-electron chi connectivity index (χ2n) is 4.60. The van der Waals surface area contributed by atoms with Gasteiger partial charge in [0.05, 0.1) is 18.7 Å². The van der Waals surface area contributed by atoms with Crippen molar-refractivity contribution in [1.29, 1.82) is 0 Å². The predicted molar refractivity (Wildman–Crippen MR) is 57.7 cm³/mol. The number of aliphatic imine (C=N–C) groups is 1. The van der Waals surface area contributed by atoms with Crippen molar-refractivity contribution in [1.82, 2.24) is 5.32 Å². The number of ether oxygens (including phenoxy) is 1. The van der Waals surface area contributed by atoms with Gasteiger partial charge in [-0.1, -0.05) is 0 Å². The summed E-state index contributed by atoms with van der Waals surface area (Å²) in [4.78, 5) is 3.95. The predicted octanol–water partition coefficient (Wildman–Crippen LogP) is 1.95. The molecule has 90 valence electrons. The molecule has 5 heteroatoms. The molecule has 0 aromatic carbocycles. The Bertz CT molecular complexity index is 343. The van der Waals surface area contributed by atoms with E-state index in [4.69, 9.17) is 4.74 Å². The van der Waals surface area contributed by atoms with Gasteiger partial charge in [-0.15, -0.1) is 0 Å². The minimum atomic E-state index is -0.867. The van der Waals surface area contributed by atoms with Crippen LogP contribution in [0.5, 0.6) is 0 Å². The number of rotatable bonds is 1. The number of hydrogen-bond acceptors (Lipinski definition) is 3. The second-order valence-corrected chi connectivity index (χ2v) is 4.60. The molecule has 0 saturated carbocycles. The molecule has 0 aromatic heterocycles. The molecule has 2 aliphatic heterocycles.